The lowest BCUT2D eigenvalue weighted by molar-refractivity contribution is 0.0934. The molecule has 1 heterocycles. The number of aliphatic hydroxyl groups is 1. The molecule has 2 atom stereocenters. The van der Waals surface area contributed by atoms with Gasteiger partial charge >= 0.3 is 0 Å². The van der Waals surface area contributed by atoms with Crippen LogP contribution in [0.4, 0.5) is 0 Å². The predicted octanol–water partition coefficient (Wildman–Crippen LogP) is 8.35. The van der Waals surface area contributed by atoms with Crippen molar-refractivity contribution in [3.63, 3.8) is 0 Å². The minimum atomic E-state index is -1.93. The third kappa shape index (κ3) is 12.7. The maximum atomic E-state index is 11.0. The molecule has 210 valence electrons. The highest BCUT2D eigenvalue weighted by molar-refractivity contribution is 8.18. The van der Waals surface area contributed by atoms with Crippen molar-refractivity contribution in [3.05, 3.63) is 35.9 Å². The highest BCUT2D eigenvalue weighted by Gasteiger charge is 2.43. The highest BCUT2D eigenvalue weighted by atomic mass is 32.2. The Morgan fingerprint density at radius 2 is 1.68 bits per heavy atom. The van der Waals surface area contributed by atoms with Crippen molar-refractivity contribution in [3.8, 4) is 11.5 Å². The lowest BCUT2D eigenvalue weighted by atomic mass is 10.0. The Hall–Kier alpha value is -0.206. The zero-order valence-electron chi connectivity index (χ0n) is 24.7. The van der Waals surface area contributed by atoms with Gasteiger partial charge in [-0.1, -0.05) is 70.7 Å². The van der Waals surface area contributed by atoms with Crippen LogP contribution in [0.3, 0.4) is 0 Å². The molecule has 0 saturated carbocycles. The number of hydrogen-bond donors (Lipinski definition) is 1. The molecule has 0 aliphatic carbocycles. The summed E-state index contributed by atoms with van der Waals surface area (Å²) in [6.45, 7) is 19.9. The van der Waals surface area contributed by atoms with E-state index in [1.165, 1.54) is 12.0 Å². The molecular weight excluding hydrogens is 529 g/mol. The van der Waals surface area contributed by atoms with Crippen molar-refractivity contribution < 1.29 is 14.3 Å². The number of aliphatic hydroxyl groups excluding tert-OH is 1. The van der Waals surface area contributed by atoms with Crippen LogP contribution in [0.25, 0.3) is 0 Å². The van der Waals surface area contributed by atoms with Crippen molar-refractivity contribution in [2.24, 2.45) is 0 Å². The van der Waals surface area contributed by atoms with Gasteiger partial charge in [0.1, 0.15) is 8.07 Å². The second-order valence-corrected chi connectivity index (χ2v) is 25.7. The summed E-state index contributed by atoms with van der Waals surface area (Å²) in [5, 5.41) is 11.2. The molecule has 0 unspecified atom stereocenters. The van der Waals surface area contributed by atoms with Gasteiger partial charge in [-0.15, -0.1) is 35.0 Å². The lowest BCUT2D eigenvalue weighted by Crippen LogP contribution is -2.46. The normalized spacial score (nSPS) is 18.1. The number of benzene rings is 1. The first kappa shape index (κ1) is 33.0. The standard InChI is InChI=1S/C30H52O3S2Si2/c1-29(2,3)37(7,8)33-28(18-12-19-32-25-26-15-10-9-11-16-26)24-30(34-20-14-21-35-30)23-27(31)17-13-22-36(4,5)6/h9-11,15-16,27-28,31H,12,14,17-21,23-25H2,1-8H3/t27-,28+/m1/s1. The van der Waals surface area contributed by atoms with Crippen molar-refractivity contribution in [1.29, 1.82) is 0 Å². The molecule has 2 rings (SSSR count). The van der Waals surface area contributed by atoms with Gasteiger partial charge in [0.15, 0.2) is 8.32 Å². The minimum Gasteiger partial charge on any atom is -0.414 e. The first-order chi connectivity index (χ1) is 17.2. The molecule has 1 aliphatic heterocycles. The Kier molecular flexibility index (Phi) is 13.4. The number of thioether (sulfide) groups is 2. The van der Waals surface area contributed by atoms with Crippen LogP contribution < -0.4 is 0 Å². The summed E-state index contributed by atoms with van der Waals surface area (Å²) in [5.74, 6) is 5.63. The maximum Gasteiger partial charge on any atom is 0.192 e. The Bertz CT molecular complexity index is 848. The van der Waals surface area contributed by atoms with E-state index in [1.807, 2.05) is 29.6 Å². The summed E-state index contributed by atoms with van der Waals surface area (Å²) in [6.07, 6.45) is 5.36. The zero-order chi connectivity index (χ0) is 27.6. The van der Waals surface area contributed by atoms with E-state index in [2.05, 4.69) is 89.2 Å². The summed E-state index contributed by atoms with van der Waals surface area (Å²) < 4.78 is 13.1. The van der Waals surface area contributed by atoms with E-state index < -0.39 is 16.4 Å². The Balaban J connectivity index is 2.07. The second kappa shape index (κ2) is 15.0. The van der Waals surface area contributed by atoms with Crippen LogP contribution in [0.1, 0.15) is 64.9 Å². The summed E-state index contributed by atoms with van der Waals surface area (Å²) in [7, 11) is -3.35. The highest BCUT2D eigenvalue weighted by Crippen LogP contribution is 2.50. The molecule has 1 aromatic carbocycles. The molecule has 1 saturated heterocycles. The first-order valence-electron chi connectivity index (χ1n) is 14.0. The third-order valence-corrected chi connectivity index (χ3v) is 16.0. The fraction of sp³-hybridized carbons (Fsp3) is 0.733. The average Bonchev–Trinajstić information content (AvgIpc) is 2.78. The van der Waals surface area contributed by atoms with Gasteiger partial charge in [0.25, 0.3) is 0 Å². The van der Waals surface area contributed by atoms with Gasteiger partial charge in [-0.05, 0) is 67.3 Å². The van der Waals surface area contributed by atoms with E-state index in [4.69, 9.17) is 9.16 Å². The van der Waals surface area contributed by atoms with E-state index in [1.54, 1.807) is 0 Å². The van der Waals surface area contributed by atoms with Crippen LogP contribution in [0.15, 0.2) is 30.3 Å². The SMILES string of the molecule is CC(C)(C)[Si](C)(C)O[C@@H](CCCOCc1ccccc1)CC1(C[C@H](O)CC#C[Si](C)(C)C)SCCCS1. The molecule has 1 N–H and O–H groups in total. The van der Waals surface area contributed by atoms with Crippen molar-refractivity contribution in [2.45, 2.75) is 120 Å². The van der Waals surface area contributed by atoms with E-state index in [-0.39, 0.29) is 21.3 Å². The Morgan fingerprint density at radius 3 is 2.27 bits per heavy atom. The molecule has 3 nitrogen and oxygen atoms in total. The number of rotatable bonds is 13. The summed E-state index contributed by atoms with van der Waals surface area (Å²) in [6, 6.07) is 10.4. The summed E-state index contributed by atoms with van der Waals surface area (Å²) >= 11 is 4.10. The van der Waals surface area contributed by atoms with Gasteiger partial charge in [-0.2, -0.15) is 0 Å². The molecule has 1 fully saturated rings. The molecule has 0 aromatic heterocycles. The summed E-state index contributed by atoms with van der Waals surface area (Å²) in [5.41, 5.74) is 4.64. The molecular formula is C30H52O3S2Si2. The largest absolute Gasteiger partial charge is 0.414 e. The number of hydrogen-bond acceptors (Lipinski definition) is 5. The topological polar surface area (TPSA) is 38.7 Å². The maximum absolute atomic E-state index is 11.0. The molecule has 0 bridgehead atoms. The van der Waals surface area contributed by atoms with Crippen LogP contribution >= 0.6 is 23.5 Å². The van der Waals surface area contributed by atoms with Crippen LogP contribution in [0, 0.1) is 11.5 Å². The van der Waals surface area contributed by atoms with Gasteiger partial charge in [0.2, 0.25) is 0 Å². The molecule has 37 heavy (non-hydrogen) atoms. The van der Waals surface area contributed by atoms with Gasteiger partial charge < -0.3 is 14.3 Å². The van der Waals surface area contributed by atoms with E-state index in [0.717, 1.165) is 43.8 Å². The van der Waals surface area contributed by atoms with Crippen LogP contribution in [0.2, 0.25) is 37.8 Å². The summed E-state index contributed by atoms with van der Waals surface area (Å²) in [4.78, 5) is 0. The van der Waals surface area contributed by atoms with Crippen molar-refractivity contribution >= 4 is 39.9 Å². The van der Waals surface area contributed by atoms with Crippen molar-refractivity contribution in [1.82, 2.24) is 0 Å². The quantitative estimate of drug-likeness (QED) is 0.144. The monoisotopic (exact) mass is 580 g/mol. The van der Waals surface area contributed by atoms with Gasteiger partial charge in [-0.3, -0.25) is 0 Å². The molecule has 0 spiro atoms. The van der Waals surface area contributed by atoms with Gasteiger partial charge in [0.05, 0.1) is 16.8 Å². The third-order valence-electron chi connectivity index (χ3n) is 7.10. The molecule has 1 aromatic rings. The first-order valence-corrected chi connectivity index (χ1v) is 22.3. The fourth-order valence-corrected chi connectivity index (χ4v) is 9.71. The molecule has 0 radical (unpaired) electrons. The van der Waals surface area contributed by atoms with E-state index in [9.17, 15) is 5.11 Å². The average molecular weight is 581 g/mol. The minimum absolute atomic E-state index is 0.00354. The van der Waals surface area contributed by atoms with Gasteiger partial charge in [-0.25, -0.2) is 0 Å². The zero-order valence-corrected chi connectivity index (χ0v) is 28.3. The van der Waals surface area contributed by atoms with Crippen LogP contribution in [-0.4, -0.2) is 55.9 Å². The van der Waals surface area contributed by atoms with Crippen LogP contribution in [-0.2, 0) is 15.8 Å². The Labute approximate surface area is 238 Å². The molecule has 7 heteroatoms. The van der Waals surface area contributed by atoms with E-state index >= 15 is 0 Å². The molecule has 1 aliphatic rings. The van der Waals surface area contributed by atoms with Crippen molar-refractivity contribution in [2.75, 3.05) is 18.1 Å². The fourth-order valence-electron chi connectivity index (χ4n) is 4.12. The molecule has 0 amide bonds. The van der Waals surface area contributed by atoms with Gasteiger partial charge in [0, 0.05) is 19.1 Å². The Morgan fingerprint density at radius 1 is 1.03 bits per heavy atom. The van der Waals surface area contributed by atoms with Crippen LogP contribution in [0.5, 0.6) is 0 Å². The van der Waals surface area contributed by atoms with E-state index in [0.29, 0.717) is 13.0 Å². The second-order valence-electron chi connectivity index (χ2n) is 13.0. The predicted molar refractivity (Wildman–Crippen MR) is 171 cm³/mol. The smallest absolute Gasteiger partial charge is 0.192 e. The number of ether oxygens (including phenoxy) is 1. The lowest BCUT2D eigenvalue weighted by Gasteiger charge is -2.44.